The molecule has 0 radical (unpaired) electrons. The third kappa shape index (κ3) is 1.83. The Balaban J connectivity index is 2.78. The summed E-state index contributed by atoms with van der Waals surface area (Å²) in [5.41, 5.74) is 1.03. The molecule has 1 rings (SSSR count). The largest absolute Gasteiger partial charge is 0.277 e. The van der Waals surface area contributed by atoms with Gasteiger partial charge in [0.05, 0.1) is 6.04 Å². The van der Waals surface area contributed by atoms with Gasteiger partial charge in [0.25, 0.3) is 0 Å². The van der Waals surface area contributed by atoms with Gasteiger partial charge < -0.3 is 0 Å². The average molecular weight is 164 g/mol. The molecule has 1 aromatic rings. The third-order valence-electron chi connectivity index (χ3n) is 1.85. The zero-order valence-corrected chi connectivity index (χ0v) is 6.97. The second kappa shape index (κ2) is 3.88. The Hall–Kier alpha value is -1.35. The number of rotatable bonds is 3. The number of nitrogens with two attached hydrogens (primary N) is 1. The predicted octanol–water partition coefficient (Wildman–Crippen LogP) is 1.08. The maximum absolute atomic E-state index is 10.3. The molecule has 1 amide bonds. The maximum Gasteiger partial charge on any atom is 0.224 e. The molecule has 0 saturated heterocycles. The molecule has 0 unspecified atom stereocenters. The van der Waals surface area contributed by atoms with Crippen LogP contribution in [-0.2, 0) is 4.79 Å². The van der Waals surface area contributed by atoms with Crippen molar-refractivity contribution >= 4 is 6.41 Å². The summed E-state index contributed by atoms with van der Waals surface area (Å²) in [7, 11) is 0. The zero-order valence-electron chi connectivity index (χ0n) is 6.97. The van der Waals surface area contributed by atoms with E-state index in [0.717, 1.165) is 10.6 Å². The van der Waals surface area contributed by atoms with Gasteiger partial charge in [-0.05, 0) is 12.5 Å². The van der Waals surface area contributed by atoms with Gasteiger partial charge in [0.1, 0.15) is 0 Å². The van der Waals surface area contributed by atoms with Crippen molar-refractivity contribution in [3.05, 3.63) is 35.9 Å². The summed E-state index contributed by atoms with van der Waals surface area (Å²) in [6.45, 7) is 1.88. The lowest BCUT2D eigenvalue weighted by Gasteiger charge is -2.19. The van der Waals surface area contributed by atoms with Crippen LogP contribution in [0.5, 0.6) is 0 Å². The Kier molecular flexibility index (Phi) is 2.82. The Labute approximate surface area is 71.8 Å². The molecule has 64 valence electrons. The van der Waals surface area contributed by atoms with E-state index in [1.165, 1.54) is 0 Å². The van der Waals surface area contributed by atoms with Gasteiger partial charge in [-0.15, -0.1) is 0 Å². The minimum Gasteiger partial charge on any atom is -0.277 e. The zero-order chi connectivity index (χ0) is 8.97. The third-order valence-corrected chi connectivity index (χ3v) is 1.85. The van der Waals surface area contributed by atoms with Crippen LogP contribution in [0.4, 0.5) is 0 Å². The van der Waals surface area contributed by atoms with Crippen LogP contribution >= 0.6 is 0 Å². The topological polar surface area (TPSA) is 46.3 Å². The van der Waals surface area contributed by atoms with Gasteiger partial charge in [-0.25, -0.2) is 5.84 Å². The van der Waals surface area contributed by atoms with Gasteiger partial charge in [0.2, 0.25) is 6.41 Å². The lowest BCUT2D eigenvalue weighted by molar-refractivity contribution is -0.120. The van der Waals surface area contributed by atoms with E-state index in [1.54, 1.807) is 0 Å². The molecule has 0 fully saturated rings. The first-order valence-electron chi connectivity index (χ1n) is 3.79. The van der Waals surface area contributed by atoms with Gasteiger partial charge in [0.15, 0.2) is 0 Å². The Morgan fingerprint density at radius 2 is 2.00 bits per heavy atom. The van der Waals surface area contributed by atoms with Crippen molar-refractivity contribution in [3.8, 4) is 0 Å². The monoisotopic (exact) mass is 164 g/mol. The summed E-state index contributed by atoms with van der Waals surface area (Å²) < 4.78 is 0. The summed E-state index contributed by atoms with van der Waals surface area (Å²) in [6.07, 6.45) is 0.623. The predicted molar refractivity (Wildman–Crippen MR) is 46.9 cm³/mol. The summed E-state index contributed by atoms with van der Waals surface area (Å²) in [5, 5.41) is 1.15. The van der Waals surface area contributed by atoms with Crippen molar-refractivity contribution in [1.29, 1.82) is 0 Å². The van der Waals surface area contributed by atoms with Crippen LogP contribution in [-0.4, -0.2) is 11.4 Å². The van der Waals surface area contributed by atoms with Crippen LogP contribution < -0.4 is 5.84 Å². The molecular formula is C9H12N2O. The molecule has 0 spiro atoms. The number of hydrogen-bond donors (Lipinski definition) is 1. The lowest BCUT2D eigenvalue weighted by atomic mass is 10.1. The number of amides is 1. The van der Waals surface area contributed by atoms with E-state index in [-0.39, 0.29) is 6.04 Å². The van der Waals surface area contributed by atoms with Gasteiger partial charge >= 0.3 is 0 Å². The fourth-order valence-electron chi connectivity index (χ4n) is 0.995. The molecule has 3 heteroatoms. The Morgan fingerprint density at radius 1 is 1.42 bits per heavy atom. The number of carbonyl (C=O) groups excluding carboxylic acids is 1. The summed E-state index contributed by atoms with van der Waals surface area (Å²) in [5.74, 6) is 5.41. The SMILES string of the molecule is C[C@@H](c1ccccc1)N(N)C=O. The van der Waals surface area contributed by atoms with E-state index in [0.29, 0.717) is 6.41 Å². The van der Waals surface area contributed by atoms with Crippen molar-refractivity contribution in [3.63, 3.8) is 0 Å². The van der Waals surface area contributed by atoms with Crippen molar-refractivity contribution < 1.29 is 4.79 Å². The van der Waals surface area contributed by atoms with E-state index in [4.69, 9.17) is 5.84 Å². The molecule has 0 aliphatic carbocycles. The molecule has 0 aromatic heterocycles. The van der Waals surface area contributed by atoms with Gasteiger partial charge in [-0.2, -0.15) is 0 Å². The second-order valence-electron chi connectivity index (χ2n) is 2.64. The highest BCUT2D eigenvalue weighted by atomic mass is 16.1. The Bertz CT molecular complexity index is 248. The first-order chi connectivity index (χ1) is 5.75. The van der Waals surface area contributed by atoms with Crippen LogP contribution in [0.3, 0.4) is 0 Å². The quantitative estimate of drug-likeness (QED) is 0.314. The van der Waals surface area contributed by atoms with E-state index < -0.39 is 0 Å². The van der Waals surface area contributed by atoms with Crippen LogP contribution in [0.25, 0.3) is 0 Å². The number of carbonyl (C=O) groups is 1. The average Bonchev–Trinajstić information content (AvgIpc) is 2.17. The molecule has 0 aliphatic heterocycles. The standard InChI is InChI=1S/C9H12N2O/c1-8(11(10)7-12)9-5-3-2-4-6-9/h2-8H,10H2,1H3/t8-/m0/s1. The molecule has 0 heterocycles. The van der Waals surface area contributed by atoms with E-state index >= 15 is 0 Å². The first-order valence-corrected chi connectivity index (χ1v) is 3.79. The fraction of sp³-hybridized carbons (Fsp3) is 0.222. The minimum atomic E-state index is -0.0660. The highest BCUT2D eigenvalue weighted by Gasteiger charge is 2.08. The van der Waals surface area contributed by atoms with Crippen LogP contribution in [0.2, 0.25) is 0 Å². The molecule has 0 bridgehead atoms. The minimum absolute atomic E-state index is 0.0660. The Morgan fingerprint density at radius 3 is 2.50 bits per heavy atom. The lowest BCUT2D eigenvalue weighted by Crippen LogP contribution is -2.32. The highest BCUT2D eigenvalue weighted by molar-refractivity contribution is 5.47. The van der Waals surface area contributed by atoms with Crippen molar-refractivity contribution in [1.82, 2.24) is 5.01 Å². The molecule has 1 atom stereocenters. The molecule has 12 heavy (non-hydrogen) atoms. The van der Waals surface area contributed by atoms with E-state index in [2.05, 4.69) is 0 Å². The first kappa shape index (κ1) is 8.74. The molecule has 1 aromatic carbocycles. The number of nitrogens with zero attached hydrogens (tertiary/aromatic N) is 1. The van der Waals surface area contributed by atoms with Crippen LogP contribution in [0, 0.1) is 0 Å². The second-order valence-corrected chi connectivity index (χ2v) is 2.64. The van der Waals surface area contributed by atoms with Crippen LogP contribution in [0.15, 0.2) is 30.3 Å². The van der Waals surface area contributed by atoms with Gasteiger partial charge in [-0.3, -0.25) is 9.80 Å². The molecular weight excluding hydrogens is 152 g/mol. The van der Waals surface area contributed by atoms with Crippen molar-refractivity contribution in [2.45, 2.75) is 13.0 Å². The fourth-order valence-corrected chi connectivity index (χ4v) is 0.995. The van der Waals surface area contributed by atoms with Crippen molar-refractivity contribution in [2.24, 2.45) is 5.84 Å². The number of benzene rings is 1. The number of hydrogen-bond acceptors (Lipinski definition) is 2. The molecule has 3 nitrogen and oxygen atoms in total. The smallest absolute Gasteiger partial charge is 0.224 e. The van der Waals surface area contributed by atoms with E-state index in [1.807, 2.05) is 37.3 Å². The van der Waals surface area contributed by atoms with Crippen LogP contribution in [0.1, 0.15) is 18.5 Å². The maximum atomic E-state index is 10.3. The molecule has 0 saturated carbocycles. The van der Waals surface area contributed by atoms with E-state index in [9.17, 15) is 4.79 Å². The molecule has 2 N–H and O–H groups in total. The summed E-state index contributed by atoms with van der Waals surface area (Å²) in [6, 6.07) is 9.58. The highest BCUT2D eigenvalue weighted by Crippen LogP contribution is 2.14. The molecule has 0 aliphatic rings. The van der Waals surface area contributed by atoms with Gasteiger partial charge in [-0.1, -0.05) is 30.3 Å². The number of hydrazine groups is 1. The van der Waals surface area contributed by atoms with Gasteiger partial charge in [0, 0.05) is 0 Å². The summed E-state index contributed by atoms with van der Waals surface area (Å²) in [4.78, 5) is 10.3. The summed E-state index contributed by atoms with van der Waals surface area (Å²) >= 11 is 0. The normalized spacial score (nSPS) is 12.2. The van der Waals surface area contributed by atoms with Crippen molar-refractivity contribution in [2.75, 3.05) is 0 Å².